The normalized spacial score (nSPS) is 19.8. The molecule has 5 rings (SSSR count). The lowest BCUT2D eigenvalue weighted by molar-refractivity contribution is -0.116. The molecule has 0 bridgehead atoms. The summed E-state index contributed by atoms with van der Waals surface area (Å²) in [5, 5.41) is 3.75. The number of amidine groups is 1. The fourth-order valence-corrected chi connectivity index (χ4v) is 4.11. The van der Waals surface area contributed by atoms with E-state index in [1.807, 2.05) is 66.9 Å². The number of hydrogen-bond acceptors (Lipinski definition) is 4. The number of rotatable bonds is 5. The smallest absolute Gasteiger partial charge is 0.248 e. The van der Waals surface area contributed by atoms with Crippen LogP contribution in [0.3, 0.4) is 0 Å². The van der Waals surface area contributed by atoms with Crippen molar-refractivity contribution >= 4 is 23.3 Å². The minimum atomic E-state index is -0.129. The van der Waals surface area contributed by atoms with E-state index in [1.165, 1.54) is 0 Å². The van der Waals surface area contributed by atoms with Crippen LogP contribution in [0.25, 0.3) is 0 Å². The minimum Gasteiger partial charge on any atom is -0.376 e. The Morgan fingerprint density at radius 2 is 1.90 bits per heavy atom. The summed E-state index contributed by atoms with van der Waals surface area (Å²) in [5.74, 6) is 0.750. The SMILES string of the molecule is O=C1C=CC2=CN=C(c3ccc(Cl)cc3)N3C[C@@H](COCc4ccccc4)C(=C23)N1. The molecule has 0 radical (unpaired) electrons. The zero-order valence-corrected chi connectivity index (χ0v) is 17.0. The zero-order chi connectivity index (χ0) is 20.5. The highest BCUT2D eigenvalue weighted by molar-refractivity contribution is 6.30. The van der Waals surface area contributed by atoms with Crippen LogP contribution < -0.4 is 5.32 Å². The topological polar surface area (TPSA) is 53.9 Å². The molecule has 1 N–H and O–H groups in total. The minimum absolute atomic E-state index is 0.0339. The summed E-state index contributed by atoms with van der Waals surface area (Å²) in [5.41, 5.74) is 4.91. The number of ether oxygens (including phenoxy) is 1. The van der Waals surface area contributed by atoms with Gasteiger partial charge in [0.05, 0.1) is 18.9 Å². The van der Waals surface area contributed by atoms with Crippen LogP contribution in [-0.4, -0.2) is 29.8 Å². The number of allylic oxidation sites excluding steroid dienone is 1. The first kappa shape index (κ1) is 18.9. The average Bonchev–Trinajstić information content (AvgIpc) is 3.02. The summed E-state index contributed by atoms with van der Waals surface area (Å²) in [6.45, 7) is 1.73. The molecule has 0 unspecified atom stereocenters. The monoisotopic (exact) mass is 417 g/mol. The number of nitrogens with one attached hydrogen (secondary N) is 1. The Morgan fingerprint density at radius 1 is 1.10 bits per heavy atom. The van der Waals surface area contributed by atoms with E-state index in [-0.39, 0.29) is 11.8 Å². The molecule has 0 aromatic heterocycles. The van der Waals surface area contributed by atoms with Crippen molar-refractivity contribution in [2.75, 3.05) is 13.2 Å². The van der Waals surface area contributed by atoms with Crippen molar-refractivity contribution in [2.45, 2.75) is 6.61 Å². The third-order valence-electron chi connectivity index (χ3n) is 5.40. The Hall–Kier alpha value is -3.15. The van der Waals surface area contributed by atoms with Crippen molar-refractivity contribution in [3.8, 4) is 0 Å². The second-order valence-electron chi connectivity index (χ2n) is 7.44. The molecule has 3 aliphatic heterocycles. The molecule has 6 heteroatoms. The van der Waals surface area contributed by atoms with Crippen LogP contribution in [0.2, 0.25) is 5.02 Å². The van der Waals surface area contributed by atoms with Crippen LogP contribution >= 0.6 is 11.6 Å². The second-order valence-corrected chi connectivity index (χ2v) is 7.87. The van der Waals surface area contributed by atoms with Gasteiger partial charge in [-0.3, -0.25) is 4.79 Å². The number of hydrogen-bond donors (Lipinski definition) is 1. The van der Waals surface area contributed by atoms with Crippen molar-refractivity contribution in [1.82, 2.24) is 10.2 Å². The van der Waals surface area contributed by atoms with Gasteiger partial charge in [0, 0.05) is 46.6 Å². The predicted octanol–water partition coefficient (Wildman–Crippen LogP) is 4.03. The van der Waals surface area contributed by atoms with E-state index in [1.54, 1.807) is 6.08 Å². The number of nitrogens with zero attached hydrogens (tertiary/aromatic N) is 2. The highest BCUT2D eigenvalue weighted by Crippen LogP contribution is 2.37. The Balaban J connectivity index is 1.43. The number of benzene rings is 2. The van der Waals surface area contributed by atoms with Crippen LogP contribution in [-0.2, 0) is 16.1 Å². The Bertz CT molecular complexity index is 1100. The van der Waals surface area contributed by atoms with Gasteiger partial charge < -0.3 is 15.0 Å². The van der Waals surface area contributed by atoms with E-state index in [9.17, 15) is 4.79 Å². The van der Waals surface area contributed by atoms with E-state index < -0.39 is 0 Å². The molecular formula is C24H20ClN3O2. The van der Waals surface area contributed by atoms with Crippen molar-refractivity contribution in [3.63, 3.8) is 0 Å². The number of aliphatic imine (C=N–C) groups is 1. The molecule has 1 atom stereocenters. The van der Waals surface area contributed by atoms with Gasteiger partial charge in [-0.15, -0.1) is 0 Å². The van der Waals surface area contributed by atoms with Crippen LogP contribution in [0.15, 0.2) is 94.9 Å². The average molecular weight is 418 g/mol. The van der Waals surface area contributed by atoms with Gasteiger partial charge in [0.1, 0.15) is 5.84 Å². The number of carbonyl (C=O) groups is 1. The third-order valence-corrected chi connectivity index (χ3v) is 5.65. The number of carbonyl (C=O) groups excluding carboxylic acids is 1. The van der Waals surface area contributed by atoms with E-state index in [2.05, 4.69) is 10.2 Å². The maximum Gasteiger partial charge on any atom is 0.248 e. The second kappa shape index (κ2) is 7.94. The molecule has 0 saturated heterocycles. The molecule has 0 saturated carbocycles. The van der Waals surface area contributed by atoms with E-state index in [0.717, 1.165) is 33.9 Å². The lowest BCUT2D eigenvalue weighted by Gasteiger charge is -2.28. The standard InChI is InChI=1S/C24H20ClN3O2/c25-20-9-6-17(7-10-20)24-26-12-18-8-11-21(29)27-22-19(13-28(24)23(18)22)15-30-14-16-4-2-1-3-5-16/h1-12,19H,13-15H2,(H,27,29)/t19-/m0/s1. The van der Waals surface area contributed by atoms with Crippen molar-refractivity contribution in [3.05, 3.63) is 106 Å². The summed E-state index contributed by atoms with van der Waals surface area (Å²) in [6, 6.07) is 17.7. The quantitative estimate of drug-likeness (QED) is 0.799. The molecule has 150 valence electrons. The van der Waals surface area contributed by atoms with Gasteiger partial charge in [-0.05, 0) is 35.9 Å². The maximum absolute atomic E-state index is 12.3. The summed E-state index contributed by atoms with van der Waals surface area (Å²) in [4.78, 5) is 19.1. The molecule has 0 spiro atoms. The summed E-state index contributed by atoms with van der Waals surface area (Å²) >= 11 is 6.06. The van der Waals surface area contributed by atoms with E-state index >= 15 is 0 Å². The van der Waals surface area contributed by atoms with Gasteiger partial charge in [-0.1, -0.05) is 41.9 Å². The Morgan fingerprint density at radius 3 is 2.70 bits per heavy atom. The van der Waals surface area contributed by atoms with Gasteiger partial charge >= 0.3 is 0 Å². The summed E-state index contributed by atoms with van der Waals surface area (Å²) < 4.78 is 6.02. The highest BCUT2D eigenvalue weighted by atomic mass is 35.5. The van der Waals surface area contributed by atoms with Gasteiger partial charge in [-0.25, -0.2) is 4.99 Å². The molecule has 30 heavy (non-hydrogen) atoms. The molecular weight excluding hydrogens is 398 g/mol. The van der Waals surface area contributed by atoms with E-state index in [0.29, 0.717) is 24.8 Å². The van der Waals surface area contributed by atoms with Crippen molar-refractivity contribution in [1.29, 1.82) is 0 Å². The van der Waals surface area contributed by atoms with Gasteiger partial charge in [-0.2, -0.15) is 0 Å². The van der Waals surface area contributed by atoms with Crippen molar-refractivity contribution < 1.29 is 9.53 Å². The number of amides is 1. The van der Waals surface area contributed by atoms with Crippen LogP contribution in [0, 0.1) is 5.92 Å². The zero-order valence-electron chi connectivity index (χ0n) is 16.2. The summed E-state index contributed by atoms with van der Waals surface area (Å²) in [6.07, 6.45) is 5.19. The molecule has 0 aliphatic carbocycles. The summed E-state index contributed by atoms with van der Waals surface area (Å²) in [7, 11) is 0. The molecule has 1 amide bonds. The molecule has 2 aromatic carbocycles. The fourth-order valence-electron chi connectivity index (χ4n) is 3.99. The first-order valence-corrected chi connectivity index (χ1v) is 10.2. The lowest BCUT2D eigenvalue weighted by Crippen LogP contribution is -2.33. The van der Waals surface area contributed by atoms with Crippen LogP contribution in [0.4, 0.5) is 0 Å². The van der Waals surface area contributed by atoms with Crippen molar-refractivity contribution in [2.24, 2.45) is 10.9 Å². The first-order chi connectivity index (χ1) is 14.7. The first-order valence-electron chi connectivity index (χ1n) is 9.86. The molecule has 2 aromatic rings. The number of halogens is 1. The highest BCUT2D eigenvalue weighted by Gasteiger charge is 2.38. The van der Waals surface area contributed by atoms with E-state index in [4.69, 9.17) is 21.3 Å². The molecule has 3 heterocycles. The Labute approximate surface area is 180 Å². The lowest BCUT2D eigenvalue weighted by atomic mass is 10.1. The predicted molar refractivity (Wildman–Crippen MR) is 117 cm³/mol. The fraction of sp³-hybridized carbons (Fsp3) is 0.167. The molecule has 0 fully saturated rings. The third kappa shape index (κ3) is 3.58. The van der Waals surface area contributed by atoms with Crippen LogP contribution in [0.5, 0.6) is 0 Å². The van der Waals surface area contributed by atoms with Gasteiger partial charge in [0.2, 0.25) is 5.91 Å². The van der Waals surface area contributed by atoms with Gasteiger partial charge in [0.15, 0.2) is 0 Å². The largest absolute Gasteiger partial charge is 0.376 e. The molecule has 3 aliphatic rings. The molecule has 5 nitrogen and oxygen atoms in total. The Kier molecular flexibility index (Phi) is 4.99. The van der Waals surface area contributed by atoms with Gasteiger partial charge in [0.25, 0.3) is 0 Å². The van der Waals surface area contributed by atoms with Crippen LogP contribution in [0.1, 0.15) is 11.1 Å². The maximum atomic E-state index is 12.3.